The number of carbonyl (C=O) groups excluding carboxylic acids is 1. The van der Waals surface area contributed by atoms with Gasteiger partial charge in [0.05, 0.1) is 0 Å². The predicted octanol–water partition coefficient (Wildman–Crippen LogP) is 4.01. The van der Waals surface area contributed by atoms with E-state index in [-0.39, 0.29) is 5.92 Å². The number of hydrogen-bond donors (Lipinski definition) is 0. The van der Waals surface area contributed by atoms with Crippen LogP contribution < -0.4 is 0 Å². The van der Waals surface area contributed by atoms with Crippen LogP contribution in [0.1, 0.15) is 48.5 Å². The molecule has 0 aromatic heterocycles. The van der Waals surface area contributed by atoms with E-state index < -0.39 is 8.32 Å². The summed E-state index contributed by atoms with van der Waals surface area (Å²) in [7, 11) is -1.77. The van der Waals surface area contributed by atoms with Crippen LogP contribution in [0.25, 0.3) is 0 Å². The van der Waals surface area contributed by atoms with E-state index in [4.69, 9.17) is 4.43 Å². The van der Waals surface area contributed by atoms with Gasteiger partial charge in [0, 0.05) is 12.5 Å². The highest BCUT2D eigenvalue weighted by atomic mass is 28.4. The van der Waals surface area contributed by atoms with E-state index in [0.29, 0.717) is 23.2 Å². The zero-order valence-corrected chi connectivity index (χ0v) is 12.9. The molecule has 2 nitrogen and oxygen atoms in total. The van der Waals surface area contributed by atoms with Gasteiger partial charge >= 0.3 is 0 Å². The Kier molecular flexibility index (Phi) is 6.49. The first-order valence-electron chi connectivity index (χ1n) is 6.38. The molecule has 0 heterocycles. The minimum Gasteiger partial charge on any atom is -0.415 e. The molecular weight excluding hydrogens is 216 g/mol. The summed E-state index contributed by atoms with van der Waals surface area (Å²) in [5.74, 6) is 0.0168. The summed E-state index contributed by atoms with van der Waals surface area (Å²) < 4.78 is 6.27. The molecule has 96 valence electrons. The van der Waals surface area contributed by atoms with Crippen molar-refractivity contribution in [1.82, 2.24) is 0 Å². The summed E-state index contributed by atoms with van der Waals surface area (Å²) in [6, 6.07) is 0. The van der Waals surface area contributed by atoms with Gasteiger partial charge in [0.15, 0.2) is 8.32 Å². The molecule has 1 atom stereocenters. The lowest BCUT2D eigenvalue weighted by Crippen LogP contribution is -2.48. The second kappa shape index (κ2) is 6.55. The van der Waals surface area contributed by atoms with Crippen molar-refractivity contribution >= 4 is 14.6 Å². The molecule has 0 unspecified atom stereocenters. The minimum absolute atomic E-state index is 0.0168. The topological polar surface area (TPSA) is 26.3 Å². The Morgan fingerprint density at radius 3 is 1.56 bits per heavy atom. The van der Waals surface area contributed by atoms with Crippen LogP contribution in [0.3, 0.4) is 0 Å². The number of hydrogen-bond acceptors (Lipinski definition) is 2. The molecule has 0 bridgehead atoms. The maximum absolute atomic E-state index is 10.7. The van der Waals surface area contributed by atoms with Crippen molar-refractivity contribution in [2.24, 2.45) is 5.92 Å². The molecule has 0 aliphatic rings. The van der Waals surface area contributed by atoms with Crippen LogP contribution in [0.5, 0.6) is 0 Å². The Morgan fingerprint density at radius 1 is 0.938 bits per heavy atom. The van der Waals surface area contributed by atoms with E-state index in [1.807, 2.05) is 6.92 Å². The predicted molar refractivity (Wildman–Crippen MR) is 72.2 cm³/mol. The van der Waals surface area contributed by atoms with Crippen LogP contribution in [-0.4, -0.2) is 21.2 Å². The zero-order chi connectivity index (χ0) is 12.9. The van der Waals surface area contributed by atoms with Crippen molar-refractivity contribution < 1.29 is 9.22 Å². The fourth-order valence-corrected chi connectivity index (χ4v) is 8.37. The highest BCUT2D eigenvalue weighted by Crippen LogP contribution is 2.42. The molecule has 0 spiro atoms. The Balaban J connectivity index is 4.83. The van der Waals surface area contributed by atoms with E-state index in [0.717, 1.165) is 6.29 Å². The summed E-state index contributed by atoms with van der Waals surface area (Å²) in [6.45, 7) is 16.1. The fraction of sp³-hybridized carbons (Fsp3) is 0.923. The molecule has 0 N–H and O–H groups in total. The first-order chi connectivity index (χ1) is 7.28. The normalized spacial score (nSPS) is 14.9. The molecule has 0 aliphatic carbocycles. The van der Waals surface area contributed by atoms with E-state index in [9.17, 15) is 4.79 Å². The molecular formula is C13H28O2Si. The molecule has 0 aromatic carbocycles. The van der Waals surface area contributed by atoms with Gasteiger partial charge in [-0.1, -0.05) is 48.5 Å². The van der Waals surface area contributed by atoms with Gasteiger partial charge in [-0.25, -0.2) is 0 Å². The van der Waals surface area contributed by atoms with Crippen LogP contribution in [0, 0.1) is 5.92 Å². The number of aldehydes is 1. The quantitative estimate of drug-likeness (QED) is 0.499. The van der Waals surface area contributed by atoms with Crippen LogP contribution in [0.15, 0.2) is 0 Å². The van der Waals surface area contributed by atoms with Crippen LogP contribution in [0.4, 0.5) is 0 Å². The lowest BCUT2D eigenvalue weighted by atomic mass is 10.2. The van der Waals surface area contributed by atoms with Gasteiger partial charge in [-0.15, -0.1) is 0 Å². The maximum Gasteiger partial charge on any atom is 0.200 e. The molecule has 3 heteroatoms. The molecule has 0 aliphatic heterocycles. The van der Waals surface area contributed by atoms with Crippen LogP contribution in [0.2, 0.25) is 16.6 Å². The first-order valence-corrected chi connectivity index (χ1v) is 8.52. The van der Waals surface area contributed by atoms with Crippen molar-refractivity contribution in [2.45, 2.75) is 65.1 Å². The van der Waals surface area contributed by atoms with Crippen molar-refractivity contribution in [3.63, 3.8) is 0 Å². The number of rotatable bonds is 7. The number of carbonyl (C=O) groups is 1. The average molecular weight is 244 g/mol. The summed E-state index contributed by atoms with van der Waals surface area (Å²) in [6.07, 6.45) is 0.986. The lowest BCUT2D eigenvalue weighted by molar-refractivity contribution is -0.111. The molecule has 0 aromatic rings. The second-order valence-corrected chi connectivity index (χ2v) is 11.2. The van der Waals surface area contributed by atoms with E-state index in [2.05, 4.69) is 41.5 Å². The molecule has 0 radical (unpaired) electrons. The van der Waals surface area contributed by atoms with Crippen molar-refractivity contribution in [2.75, 3.05) is 6.61 Å². The molecule has 0 amide bonds. The van der Waals surface area contributed by atoms with Gasteiger partial charge in [-0.3, -0.25) is 0 Å². The summed E-state index contributed by atoms with van der Waals surface area (Å²) in [4.78, 5) is 10.7. The smallest absolute Gasteiger partial charge is 0.200 e. The highest BCUT2D eigenvalue weighted by Gasteiger charge is 2.45. The maximum atomic E-state index is 10.7. The SMILES string of the molecule is CC(C)[Si](OC[C@@H](C)C=O)(C(C)C)C(C)C. The highest BCUT2D eigenvalue weighted by molar-refractivity contribution is 6.77. The molecule has 16 heavy (non-hydrogen) atoms. The molecule has 0 saturated carbocycles. The van der Waals surface area contributed by atoms with Crippen LogP contribution >= 0.6 is 0 Å². The van der Waals surface area contributed by atoms with Gasteiger partial charge in [0.2, 0.25) is 0 Å². The fourth-order valence-electron chi connectivity index (χ4n) is 2.82. The van der Waals surface area contributed by atoms with Crippen LogP contribution in [-0.2, 0) is 9.22 Å². The average Bonchev–Trinajstić information content (AvgIpc) is 2.16. The molecule has 0 fully saturated rings. The Labute approximate surface area is 102 Å². The molecule has 0 rings (SSSR count). The standard InChI is InChI=1S/C13H28O2Si/c1-10(2)16(11(3)4,12(5)6)15-9-13(7)8-14/h8,10-13H,9H2,1-7H3/t13-/m0/s1. The monoisotopic (exact) mass is 244 g/mol. The summed E-state index contributed by atoms with van der Waals surface area (Å²) in [5.41, 5.74) is 1.77. The Hall–Kier alpha value is -0.153. The van der Waals surface area contributed by atoms with Gasteiger partial charge in [0.25, 0.3) is 0 Å². The third-order valence-corrected chi connectivity index (χ3v) is 9.62. The minimum atomic E-state index is -1.77. The zero-order valence-electron chi connectivity index (χ0n) is 11.9. The van der Waals surface area contributed by atoms with Gasteiger partial charge < -0.3 is 9.22 Å². The third-order valence-electron chi connectivity index (χ3n) is 3.54. The molecule has 0 saturated heterocycles. The van der Waals surface area contributed by atoms with Gasteiger partial charge in [-0.2, -0.15) is 0 Å². The largest absolute Gasteiger partial charge is 0.415 e. The second-order valence-electron chi connectivity index (χ2n) is 5.74. The van der Waals surface area contributed by atoms with E-state index >= 15 is 0 Å². The summed E-state index contributed by atoms with van der Waals surface area (Å²) >= 11 is 0. The van der Waals surface area contributed by atoms with E-state index in [1.54, 1.807) is 0 Å². The van der Waals surface area contributed by atoms with E-state index in [1.165, 1.54) is 0 Å². The van der Waals surface area contributed by atoms with Gasteiger partial charge in [0.1, 0.15) is 6.29 Å². The Bertz CT molecular complexity index is 190. The Morgan fingerprint density at radius 2 is 1.31 bits per heavy atom. The lowest BCUT2D eigenvalue weighted by Gasteiger charge is -2.42. The van der Waals surface area contributed by atoms with Crippen molar-refractivity contribution in [3.8, 4) is 0 Å². The van der Waals surface area contributed by atoms with Crippen molar-refractivity contribution in [1.29, 1.82) is 0 Å². The van der Waals surface area contributed by atoms with Gasteiger partial charge in [-0.05, 0) is 16.6 Å². The summed E-state index contributed by atoms with van der Waals surface area (Å²) in [5, 5.41) is 0. The van der Waals surface area contributed by atoms with Crippen molar-refractivity contribution in [3.05, 3.63) is 0 Å². The third kappa shape index (κ3) is 3.42. The first kappa shape index (κ1) is 15.8.